The van der Waals surface area contributed by atoms with Gasteiger partial charge < -0.3 is 11.5 Å². The zero-order valence-electron chi connectivity index (χ0n) is 10.2. The molecule has 0 bridgehead atoms. The number of nitrogens with zero attached hydrogens (tertiary/aromatic N) is 4. The van der Waals surface area contributed by atoms with E-state index in [9.17, 15) is 0 Å². The Hall–Kier alpha value is -3.12. The summed E-state index contributed by atoms with van der Waals surface area (Å²) in [6.45, 7) is 1.81. The Morgan fingerprint density at radius 2 is 1.84 bits per heavy atom. The predicted molar refractivity (Wildman–Crippen MR) is 70.5 cm³/mol. The quantitative estimate of drug-likeness (QED) is 0.786. The van der Waals surface area contributed by atoms with E-state index in [-0.39, 0.29) is 17.3 Å². The Morgan fingerprint density at radius 3 is 2.42 bits per heavy atom. The van der Waals surface area contributed by atoms with Crippen LogP contribution in [0.4, 0.5) is 11.8 Å². The molecule has 0 radical (unpaired) electrons. The van der Waals surface area contributed by atoms with Gasteiger partial charge in [-0.1, -0.05) is 6.07 Å². The summed E-state index contributed by atoms with van der Waals surface area (Å²) in [6, 6.07) is 9.18. The summed E-state index contributed by atoms with van der Waals surface area (Å²) in [5.41, 5.74) is 13.8. The summed E-state index contributed by atoms with van der Waals surface area (Å²) >= 11 is 0. The van der Waals surface area contributed by atoms with Crippen molar-refractivity contribution < 1.29 is 0 Å². The molecular formula is C13H10N6. The van der Waals surface area contributed by atoms with Gasteiger partial charge in [0.25, 0.3) is 0 Å². The Morgan fingerprint density at radius 1 is 1.11 bits per heavy atom. The molecular weight excluding hydrogens is 240 g/mol. The zero-order valence-corrected chi connectivity index (χ0v) is 10.2. The number of anilines is 2. The fourth-order valence-electron chi connectivity index (χ4n) is 1.75. The van der Waals surface area contributed by atoms with E-state index in [1.54, 1.807) is 18.2 Å². The second-order valence-electron chi connectivity index (χ2n) is 3.94. The van der Waals surface area contributed by atoms with Gasteiger partial charge >= 0.3 is 0 Å². The Labute approximate surface area is 109 Å². The minimum Gasteiger partial charge on any atom is -0.382 e. The molecule has 1 heterocycles. The Bertz CT molecular complexity index is 736. The molecule has 6 heteroatoms. The van der Waals surface area contributed by atoms with Gasteiger partial charge in [-0.15, -0.1) is 0 Å². The van der Waals surface area contributed by atoms with Crippen LogP contribution >= 0.6 is 0 Å². The van der Waals surface area contributed by atoms with Crippen molar-refractivity contribution in [1.82, 2.24) is 9.97 Å². The van der Waals surface area contributed by atoms with Crippen LogP contribution in [0.2, 0.25) is 0 Å². The highest BCUT2D eigenvalue weighted by Gasteiger charge is 2.13. The van der Waals surface area contributed by atoms with E-state index in [4.69, 9.17) is 22.0 Å². The molecule has 2 aromatic rings. The van der Waals surface area contributed by atoms with Crippen LogP contribution in [-0.4, -0.2) is 9.97 Å². The number of aryl methyl sites for hydroxylation is 1. The standard InChI is InChI=1S/C13H10N6/c1-7-4-8(2-3-9(7)5-14)11-10(6-15)12(16)19-13(17)18-11/h2-4H,1H3,(H4,16,17,18,19). The molecule has 19 heavy (non-hydrogen) atoms. The molecule has 0 saturated heterocycles. The first-order chi connectivity index (χ1) is 9.06. The molecule has 0 amide bonds. The Kier molecular flexibility index (Phi) is 3.01. The highest BCUT2D eigenvalue weighted by Crippen LogP contribution is 2.26. The van der Waals surface area contributed by atoms with Crippen molar-refractivity contribution in [3.8, 4) is 23.4 Å². The van der Waals surface area contributed by atoms with Crippen molar-refractivity contribution in [3.63, 3.8) is 0 Å². The summed E-state index contributed by atoms with van der Waals surface area (Å²) in [7, 11) is 0. The molecule has 2 rings (SSSR count). The van der Waals surface area contributed by atoms with Crippen LogP contribution < -0.4 is 11.5 Å². The van der Waals surface area contributed by atoms with E-state index in [0.717, 1.165) is 5.56 Å². The van der Waals surface area contributed by atoms with Crippen molar-refractivity contribution in [2.75, 3.05) is 11.5 Å². The third-order valence-electron chi connectivity index (χ3n) is 2.69. The number of rotatable bonds is 1. The van der Waals surface area contributed by atoms with Gasteiger partial charge in [-0.25, -0.2) is 4.98 Å². The fourth-order valence-corrected chi connectivity index (χ4v) is 1.75. The van der Waals surface area contributed by atoms with Gasteiger partial charge in [0.05, 0.1) is 17.3 Å². The molecule has 0 aliphatic rings. The lowest BCUT2D eigenvalue weighted by atomic mass is 10.0. The van der Waals surface area contributed by atoms with E-state index in [1.165, 1.54) is 0 Å². The number of hydrogen-bond donors (Lipinski definition) is 2. The highest BCUT2D eigenvalue weighted by atomic mass is 15.0. The van der Waals surface area contributed by atoms with E-state index >= 15 is 0 Å². The average Bonchev–Trinajstić information content (AvgIpc) is 2.37. The monoisotopic (exact) mass is 250 g/mol. The van der Waals surface area contributed by atoms with Crippen molar-refractivity contribution in [2.45, 2.75) is 6.92 Å². The summed E-state index contributed by atoms with van der Waals surface area (Å²) in [5.74, 6) is 0.0560. The van der Waals surface area contributed by atoms with Crippen LogP contribution in [0.15, 0.2) is 18.2 Å². The van der Waals surface area contributed by atoms with Gasteiger partial charge in [0.2, 0.25) is 5.95 Å². The third-order valence-corrected chi connectivity index (χ3v) is 2.69. The number of benzene rings is 1. The van der Waals surface area contributed by atoms with Crippen molar-refractivity contribution in [2.24, 2.45) is 0 Å². The van der Waals surface area contributed by atoms with Crippen molar-refractivity contribution in [1.29, 1.82) is 10.5 Å². The van der Waals surface area contributed by atoms with E-state index < -0.39 is 0 Å². The topological polar surface area (TPSA) is 125 Å². The predicted octanol–water partition coefficient (Wildman–Crippen LogP) is 1.36. The molecule has 0 unspecified atom stereocenters. The number of nitrogens with two attached hydrogens (primary N) is 2. The summed E-state index contributed by atoms with van der Waals surface area (Å²) < 4.78 is 0. The third kappa shape index (κ3) is 2.15. The molecule has 0 spiro atoms. The van der Waals surface area contributed by atoms with Gasteiger partial charge in [0, 0.05) is 5.56 Å². The normalized spacial score (nSPS) is 9.63. The van der Waals surface area contributed by atoms with E-state index in [0.29, 0.717) is 16.8 Å². The van der Waals surface area contributed by atoms with Gasteiger partial charge in [-0.2, -0.15) is 15.5 Å². The number of nitrogen functional groups attached to an aromatic ring is 2. The molecule has 6 nitrogen and oxygen atoms in total. The molecule has 0 fully saturated rings. The van der Waals surface area contributed by atoms with Crippen LogP contribution in [0.1, 0.15) is 16.7 Å². The summed E-state index contributed by atoms with van der Waals surface area (Å²) in [5, 5.41) is 18.0. The largest absolute Gasteiger partial charge is 0.382 e. The van der Waals surface area contributed by atoms with Crippen LogP contribution in [0.5, 0.6) is 0 Å². The average molecular weight is 250 g/mol. The van der Waals surface area contributed by atoms with Gasteiger partial charge in [0.15, 0.2) is 0 Å². The molecule has 1 aromatic carbocycles. The number of nitriles is 2. The first kappa shape index (κ1) is 12.3. The minimum absolute atomic E-state index is 0.00788. The molecule has 0 atom stereocenters. The van der Waals surface area contributed by atoms with Gasteiger partial charge in [0.1, 0.15) is 17.5 Å². The maximum Gasteiger partial charge on any atom is 0.222 e. The van der Waals surface area contributed by atoms with Crippen molar-refractivity contribution >= 4 is 11.8 Å². The minimum atomic E-state index is 0.00788. The van der Waals surface area contributed by atoms with Crippen molar-refractivity contribution in [3.05, 3.63) is 34.9 Å². The molecule has 0 aliphatic heterocycles. The Balaban J connectivity index is 2.70. The van der Waals surface area contributed by atoms with E-state index in [1.807, 2.05) is 13.0 Å². The smallest absolute Gasteiger partial charge is 0.222 e. The highest BCUT2D eigenvalue weighted by molar-refractivity contribution is 5.74. The summed E-state index contributed by atoms with van der Waals surface area (Å²) in [4.78, 5) is 7.81. The van der Waals surface area contributed by atoms with Crippen LogP contribution in [-0.2, 0) is 0 Å². The fraction of sp³-hybridized carbons (Fsp3) is 0.0769. The van der Waals surface area contributed by atoms with Crippen LogP contribution in [0, 0.1) is 29.6 Å². The van der Waals surface area contributed by atoms with Crippen LogP contribution in [0.25, 0.3) is 11.3 Å². The van der Waals surface area contributed by atoms with Gasteiger partial charge in [-0.05, 0) is 24.6 Å². The van der Waals surface area contributed by atoms with Crippen LogP contribution in [0.3, 0.4) is 0 Å². The lowest BCUT2D eigenvalue weighted by Gasteiger charge is -2.07. The molecule has 0 aliphatic carbocycles. The zero-order chi connectivity index (χ0) is 14.0. The number of hydrogen-bond acceptors (Lipinski definition) is 6. The number of aromatic nitrogens is 2. The SMILES string of the molecule is Cc1cc(-c2nc(N)nc(N)c2C#N)ccc1C#N. The molecule has 92 valence electrons. The molecule has 0 saturated carbocycles. The second kappa shape index (κ2) is 4.63. The molecule has 4 N–H and O–H groups in total. The molecule has 1 aromatic heterocycles. The van der Waals surface area contributed by atoms with E-state index in [2.05, 4.69) is 16.0 Å². The summed E-state index contributed by atoms with van der Waals surface area (Å²) in [6.07, 6.45) is 0. The maximum absolute atomic E-state index is 9.12. The first-order valence-corrected chi connectivity index (χ1v) is 5.41. The lowest BCUT2D eigenvalue weighted by molar-refractivity contribution is 1.18. The lowest BCUT2D eigenvalue weighted by Crippen LogP contribution is -2.05. The first-order valence-electron chi connectivity index (χ1n) is 5.41. The maximum atomic E-state index is 9.12. The van der Waals surface area contributed by atoms with Gasteiger partial charge in [-0.3, -0.25) is 0 Å². The second-order valence-corrected chi connectivity index (χ2v) is 3.94.